The molecule has 0 amide bonds. The second-order valence-corrected chi connectivity index (χ2v) is 9.17. The maximum atomic E-state index is 12.8. The summed E-state index contributed by atoms with van der Waals surface area (Å²) >= 11 is 0. The second-order valence-electron chi connectivity index (χ2n) is 7.45. The van der Waals surface area contributed by atoms with Gasteiger partial charge in [-0.1, -0.05) is 75.4 Å². The van der Waals surface area contributed by atoms with Gasteiger partial charge in [0.15, 0.2) is 5.78 Å². The minimum atomic E-state index is -3.78. The molecule has 0 heterocycles. The summed E-state index contributed by atoms with van der Waals surface area (Å²) in [6.07, 6.45) is 0. The summed E-state index contributed by atoms with van der Waals surface area (Å²) in [6.45, 7) is 11.4. The predicted molar refractivity (Wildman–Crippen MR) is 105 cm³/mol. The minimum Gasteiger partial charge on any atom is -0.289 e. The van der Waals surface area contributed by atoms with Gasteiger partial charge in [0.1, 0.15) is 0 Å². The Morgan fingerprint density at radius 2 is 1.54 bits per heavy atom. The molecule has 0 radical (unpaired) electrons. The third-order valence-electron chi connectivity index (χ3n) is 4.15. The highest BCUT2D eigenvalue weighted by Crippen LogP contribution is 2.28. The second kappa shape index (κ2) is 7.56. The normalized spacial score (nSPS) is 13.2. The van der Waals surface area contributed by atoms with Crippen molar-refractivity contribution in [1.82, 2.24) is 4.72 Å². The molecule has 0 aliphatic heterocycles. The molecular formula is C21H25NO3S. The molecule has 138 valence electrons. The molecule has 1 N–H and O–H groups in total. The van der Waals surface area contributed by atoms with Crippen molar-refractivity contribution in [3.8, 4) is 0 Å². The lowest BCUT2D eigenvalue weighted by Gasteiger charge is -2.32. The van der Waals surface area contributed by atoms with Crippen LogP contribution in [0.5, 0.6) is 0 Å². The maximum Gasteiger partial charge on any atom is 0.241 e. The quantitative estimate of drug-likeness (QED) is 0.613. The SMILES string of the molecule is C=C(C(=O)c1ccccc1)C(NS(=O)(=O)c1ccc(C)cc1)C(C)(C)C. The number of Topliss-reactive ketones (excluding diaryl/α,β-unsaturated/α-hetero) is 1. The zero-order valence-electron chi connectivity index (χ0n) is 15.6. The van der Waals surface area contributed by atoms with Crippen LogP contribution in [-0.4, -0.2) is 20.2 Å². The first-order valence-electron chi connectivity index (χ1n) is 8.40. The molecule has 0 spiro atoms. The van der Waals surface area contributed by atoms with E-state index in [1.807, 2.05) is 33.8 Å². The Kier molecular flexibility index (Phi) is 5.84. The first-order valence-corrected chi connectivity index (χ1v) is 9.88. The van der Waals surface area contributed by atoms with Crippen molar-refractivity contribution < 1.29 is 13.2 Å². The number of aryl methyl sites for hydroxylation is 1. The Balaban J connectivity index is 2.35. The Hall–Kier alpha value is -2.24. The molecule has 0 aliphatic rings. The standard InChI is InChI=1S/C21H25NO3S/c1-15-11-13-18(14-12-15)26(24,25)22-20(21(3,4)5)16(2)19(23)17-9-7-6-8-10-17/h6-14,20,22H,2H2,1,3-5H3. The van der Waals surface area contributed by atoms with E-state index < -0.39 is 21.5 Å². The summed E-state index contributed by atoms with van der Waals surface area (Å²) in [5.74, 6) is -0.267. The van der Waals surface area contributed by atoms with Gasteiger partial charge >= 0.3 is 0 Å². The summed E-state index contributed by atoms with van der Waals surface area (Å²) < 4.78 is 28.3. The molecule has 2 aromatic carbocycles. The van der Waals surface area contributed by atoms with Gasteiger partial charge in [-0.15, -0.1) is 0 Å². The fraction of sp³-hybridized carbons (Fsp3) is 0.286. The van der Waals surface area contributed by atoms with Gasteiger partial charge in [0.05, 0.1) is 10.9 Å². The Morgan fingerprint density at radius 3 is 2.04 bits per heavy atom. The Bertz CT molecular complexity index is 893. The summed E-state index contributed by atoms with van der Waals surface area (Å²) in [7, 11) is -3.78. The van der Waals surface area contributed by atoms with Crippen molar-refractivity contribution in [1.29, 1.82) is 0 Å². The van der Waals surface area contributed by atoms with Crippen LogP contribution < -0.4 is 4.72 Å². The molecule has 1 unspecified atom stereocenters. The molecule has 0 aliphatic carbocycles. The molecule has 2 aromatic rings. The van der Waals surface area contributed by atoms with E-state index in [-0.39, 0.29) is 16.3 Å². The van der Waals surface area contributed by atoms with Crippen LogP contribution in [0.3, 0.4) is 0 Å². The topological polar surface area (TPSA) is 63.2 Å². The largest absolute Gasteiger partial charge is 0.289 e. The number of benzene rings is 2. The highest BCUT2D eigenvalue weighted by atomic mass is 32.2. The smallest absolute Gasteiger partial charge is 0.241 e. The molecule has 26 heavy (non-hydrogen) atoms. The van der Waals surface area contributed by atoms with Crippen LogP contribution in [0.1, 0.15) is 36.7 Å². The van der Waals surface area contributed by atoms with E-state index in [1.165, 1.54) is 0 Å². The fourth-order valence-electron chi connectivity index (χ4n) is 2.62. The average molecular weight is 372 g/mol. The van der Waals surface area contributed by atoms with Crippen LogP contribution >= 0.6 is 0 Å². The number of ketones is 1. The zero-order valence-corrected chi connectivity index (χ0v) is 16.4. The lowest BCUT2D eigenvalue weighted by molar-refractivity contribution is 0.101. The van der Waals surface area contributed by atoms with Crippen molar-refractivity contribution in [2.24, 2.45) is 5.41 Å². The van der Waals surface area contributed by atoms with E-state index in [2.05, 4.69) is 11.3 Å². The van der Waals surface area contributed by atoms with Crippen LogP contribution in [0, 0.1) is 12.3 Å². The molecule has 0 aromatic heterocycles. The highest BCUT2D eigenvalue weighted by molar-refractivity contribution is 7.89. The number of carbonyl (C=O) groups is 1. The van der Waals surface area contributed by atoms with Gasteiger partial charge in [-0.3, -0.25) is 4.79 Å². The number of hydrogen-bond donors (Lipinski definition) is 1. The molecule has 0 fully saturated rings. The molecule has 1 atom stereocenters. The molecular weight excluding hydrogens is 346 g/mol. The van der Waals surface area contributed by atoms with E-state index in [4.69, 9.17) is 0 Å². The van der Waals surface area contributed by atoms with Gasteiger partial charge in [-0.25, -0.2) is 13.1 Å². The number of hydrogen-bond acceptors (Lipinski definition) is 3. The van der Waals surface area contributed by atoms with E-state index >= 15 is 0 Å². The van der Waals surface area contributed by atoms with Crippen molar-refractivity contribution >= 4 is 15.8 Å². The molecule has 0 saturated carbocycles. The van der Waals surface area contributed by atoms with Crippen LogP contribution in [-0.2, 0) is 10.0 Å². The van der Waals surface area contributed by atoms with Gasteiger partial charge in [0, 0.05) is 11.1 Å². The third-order valence-corrected chi connectivity index (χ3v) is 5.59. The Morgan fingerprint density at radius 1 is 1.00 bits per heavy atom. The first-order chi connectivity index (χ1) is 12.0. The van der Waals surface area contributed by atoms with Crippen LogP contribution in [0.15, 0.2) is 71.6 Å². The lowest BCUT2D eigenvalue weighted by atomic mass is 9.81. The lowest BCUT2D eigenvalue weighted by Crippen LogP contribution is -2.46. The van der Waals surface area contributed by atoms with Gasteiger partial charge in [0.2, 0.25) is 10.0 Å². The summed E-state index contributed by atoms with van der Waals surface area (Å²) in [4.78, 5) is 12.9. The average Bonchev–Trinajstić information content (AvgIpc) is 2.59. The van der Waals surface area contributed by atoms with E-state index in [0.717, 1.165) is 5.56 Å². The molecule has 2 rings (SSSR count). The van der Waals surface area contributed by atoms with Gasteiger partial charge < -0.3 is 0 Å². The number of nitrogens with one attached hydrogen (secondary N) is 1. The third kappa shape index (κ3) is 4.68. The van der Waals surface area contributed by atoms with E-state index in [9.17, 15) is 13.2 Å². The summed E-state index contributed by atoms with van der Waals surface area (Å²) in [5.41, 5.74) is 1.15. The van der Waals surface area contributed by atoms with Crippen LogP contribution in [0.25, 0.3) is 0 Å². The van der Waals surface area contributed by atoms with Crippen molar-refractivity contribution in [2.75, 3.05) is 0 Å². The first kappa shape index (κ1) is 20.1. The van der Waals surface area contributed by atoms with Crippen LogP contribution in [0.2, 0.25) is 0 Å². The highest BCUT2D eigenvalue weighted by Gasteiger charge is 2.34. The van der Waals surface area contributed by atoms with Crippen molar-refractivity contribution in [3.63, 3.8) is 0 Å². The van der Waals surface area contributed by atoms with Crippen molar-refractivity contribution in [2.45, 2.75) is 38.6 Å². The number of rotatable bonds is 6. The Labute approximate surface area is 156 Å². The molecule has 0 bridgehead atoms. The van der Waals surface area contributed by atoms with E-state index in [0.29, 0.717) is 5.56 Å². The van der Waals surface area contributed by atoms with Crippen LogP contribution in [0.4, 0.5) is 0 Å². The maximum absolute atomic E-state index is 12.8. The number of sulfonamides is 1. The minimum absolute atomic E-state index is 0.164. The fourth-order valence-corrected chi connectivity index (χ4v) is 4.05. The monoisotopic (exact) mass is 371 g/mol. The van der Waals surface area contributed by atoms with Gasteiger partial charge in [-0.2, -0.15) is 0 Å². The van der Waals surface area contributed by atoms with Gasteiger partial charge in [0.25, 0.3) is 0 Å². The predicted octanol–water partition coefficient (Wildman–Crippen LogP) is 4.13. The number of carbonyl (C=O) groups excluding carboxylic acids is 1. The van der Waals surface area contributed by atoms with Crippen molar-refractivity contribution in [3.05, 3.63) is 77.9 Å². The molecule has 4 nitrogen and oxygen atoms in total. The van der Waals surface area contributed by atoms with E-state index in [1.54, 1.807) is 48.5 Å². The molecule has 0 saturated heterocycles. The van der Waals surface area contributed by atoms with Gasteiger partial charge in [-0.05, 0) is 24.5 Å². The summed E-state index contributed by atoms with van der Waals surface area (Å²) in [5, 5.41) is 0. The summed E-state index contributed by atoms with van der Waals surface area (Å²) in [6, 6.07) is 14.6. The zero-order chi connectivity index (χ0) is 19.5. The molecule has 5 heteroatoms.